The predicted molar refractivity (Wildman–Crippen MR) is 258 cm³/mol. The number of rotatable bonds is 18. The number of halogens is 2. The van der Waals surface area contributed by atoms with Crippen molar-refractivity contribution in [3.63, 3.8) is 0 Å². The number of aromatic nitrogens is 4. The Kier molecular flexibility index (Phi) is 14.9. The van der Waals surface area contributed by atoms with Gasteiger partial charge in [-0.05, 0) is 103 Å². The molecular formula is C50H52ClFN4O8SSi. The number of hydrogen-bond acceptors (Lipinski definition) is 13. The molecule has 1 N–H and O–H groups in total. The summed E-state index contributed by atoms with van der Waals surface area (Å²) in [5, 5.41) is 11.2. The quantitative estimate of drug-likeness (QED) is 0.0496. The lowest BCUT2D eigenvalue weighted by atomic mass is 9.96. The van der Waals surface area contributed by atoms with Crippen LogP contribution >= 0.6 is 22.9 Å². The van der Waals surface area contributed by atoms with E-state index in [0.29, 0.717) is 80.0 Å². The molecule has 1 atom stereocenters. The standard InChI is InChI=1S/C50H52ClFN4O8SSi/c1-9-60-49(58)41(64-47-43-42(36-19-20-38(57)44(51)30(36)2)45(65-48(43)55-29-54-47)31-14-16-33(52)17-15-31)27-32-26-35(61-24-25-63-66(7,8)50(3,4)5)18-21-39(32)62-28-34-22-23-53-46(56-34)37-12-10-11-13-40(37)59-6/h10-23,26,29,41,57H,9,24-25,27-28H2,1-8H3/t41-/m1/s1. The molecule has 0 aliphatic carbocycles. The average molecular weight is 952 g/mol. The first-order valence-electron chi connectivity index (χ1n) is 21.4. The molecule has 344 valence electrons. The van der Waals surface area contributed by atoms with Gasteiger partial charge < -0.3 is 33.2 Å². The number of phenols is 1. The maximum Gasteiger partial charge on any atom is 0.347 e. The summed E-state index contributed by atoms with van der Waals surface area (Å²) in [6.45, 7) is 15.3. The largest absolute Gasteiger partial charge is 0.506 e. The van der Waals surface area contributed by atoms with E-state index in [4.69, 9.17) is 44.7 Å². The van der Waals surface area contributed by atoms with Gasteiger partial charge in [-0.25, -0.2) is 29.1 Å². The second-order valence-corrected chi connectivity index (χ2v) is 23.1. The average Bonchev–Trinajstić information content (AvgIpc) is 3.69. The summed E-state index contributed by atoms with van der Waals surface area (Å²) in [4.78, 5) is 33.8. The van der Waals surface area contributed by atoms with Crippen LogP contribution in [-0.4, -0.2) is 72.4 Å². The van der Waals surface area contributed by atoms with Crippen molar-refractivity contribution in [1.82, 2.24) is 19.9 Å². The van der Waals surface area contributed by atoms with Crippen LogP contribution < -0.4 is 18.9 Å². The Morgan fingerprint density at radius 1 is 0.924 bits per heavy atom. The molecule has 3 aromatic heterocycles. The van der Waals surface area contributed by atoms with Crippen LogP contribution in [0.4, 0.5) is 4.39 Å². The third-order valence-electron chi connectivity index (χ3n) is 11.5. The summed E-state index contributed by atoms with van der Waals surface area (Å²) in [5.41, 5.74) is 4.51. The first kappa shape index (κ1) is 47.8. The Morgan fingerprint density at radius 3 is 2.44 bits per heavy atom. The van der Waals surface area contributed by atoms with Crippen molar-refractivity contribution in [3.8, 4) is 61.8 Å². The van der Waals surface area contributed by atoms with Crippen LogP contribution in [0, 0.1) is 12.7 Å². The van der Waals surface area contributed by atoms with Gasteiger partial charge in [0.2, 0.25) is 12.0 Å². The van der Waals surface area contributed by atoms with Crippen molar-refractivity contribution in [2.75, 3.05) is 26.9 Å². The Morgan fingerprint density at radius 2 is 1.70 bits per heavy atom. The molecule has 0 aliphatic rings. The SMILES string of the molecule is CCOC(=O)[C@@H](Cc1cc(OCCO[Si](C)(C)C(C)(C)C)ccc1OCc1ccnc(-c2ccccc2OC)n1)Oc1ncnc2sc(-c3ccc(F)cc3)c(-c3ccc(O)c(Cl)c3C)c12. The molecule has 4 aromatic carbocycles. The second-order valence-electron chi connectivity index (χ2n) is 16.9. The Bertz CT molecular complexity index is 2840. The lowest BCUT2D eigenvalue weighted by molar-refractivity contribution is -0.151. The van der Waals surface area contributed by atoms with Gasteiger partial charge in [-0.2, -0.15) is 0 Å². The van der Waals surface area contributed by atoms with Gasteiger partial charge in [0.1, 0.15) is 53.2 Å². The smallest absolute Gasteiger partial charge is 0.347 e. The van der Waals surface area contributed by atoms with E-state index in [9.17, 15) is 14.3 Å². The third kappa shape index (κ3) is 10.8. The van der Waals surface area contributed by atoms with Crippen LogP contribution in [0.1, 0.15) is 44.5 Å². The van der Waals surface area contributed by atoms with Crippen molar-refractivity contribution in [1.29, 1.82) is 0 Å². The molecule has 0 amide bonds. The number of thiophene rings is 1. The summed E-state index contributed by atoms with van der Waals surface area (Å²) < 4.78 is 51.2. The van der Waals surface area contributed by atoms with Gasteiger partial charge in [0.15, 0.2) is 14.1 Å². The molecule has 0 unspecified atom stereocenters. The molecule has 12 nitrogen and oxygen atoms in total. The monoisotopic (exact) mass is 950 g/mol. The van der Waals surface area contributed by atoms with Crippen molar-refractivity contribution < 1.29 is 42.4 Å². The fourth-order valence-corrected chi connectivity index (χ4v) is 9.29. The Hall–Kier alpha value is -6.13. The van der Waals surface area contributed by atoms with Gasteiger partial charge in [0.25, 0.3) is 0 Å². The summed E-state index contributed by atoms with van der Waals surface area (Å²) in [6.07, 6.45) is 1.76. The van der Waals surface area contributed by atoms with Gasteiger partial charge in [-0.1, -0.05) is 62.7 Å². The van der Waals surface area contributed by atoms with E-state index < -0.39 is 26.2 Å². The molecule has 66 heavy (non-hydrogen) atoms. The highest BCUT2D eigenvalue weighted by Gasteiger charge is 2.37. The van der Waals surface area contributed by atoms with E-state index in [-0.39, 0.29) is 41.3 Å². The lowest BCUT2D eigenvalue weighted by Crippen LogP contribution is -2.41. The minimum Gasteiger partial charge on any atom is -0.506 e. The number of methoxy groups -OCH3 is 1. The highest BCUT2D eigenvalue weighted by Crippen LogP contribution is 2.49. The van der Waals surface area contributed by atoms with E-state index >= 15 is 0 Å². The second kappa shape index (κ2) is 20.6. The molecule has 16 heteroatoms. The minimum absolute atomic E-state index is 0.0259. The number of para-hydroxylation sites is 1. The van der Waals surface area contributed by atoms with Gasteiger partial charge in [-0.3, -0.25) is 0 Å². The van der Waals surface area contributed by atoms with Crippen LogP contribution in [0.2, 0.25) is 23.2 Å². The Balaban J connectivity index is 1.27. The predicted octanol–water partition coefficient (Wildman–Crippen LogP) is 11.8. The first-order chi connectivity index (χ1) is 31.6. The number of carbonyl (C=O) groups excluding carboxylic acids is 1. The molecule has 7 rings (SSSR count). The van der Waals surface area contributed by atoms with Crippen molar-refractivity contribution in [2.24, 2.45) is 0 Å². The fraction of sp³-hybridized carbons (Fsp3) is 0.300. The van der Waals surface area contributed by atoms with Gasteiger partial charge in [0, 0.05) is 28.6 Å². The van der Waals surface area contributed by atoms with Crippen LogP contribution in [0.3, 0.4) is 0 Å². The van der Waals surface area contributed by atoms with Crippen molar-refractivity contribution in [2.45, 2.75) is 71.9 Å². The molecule has 3 heterocycles. The van der Waals surface area contributed by atoms with Gasteiger partial charge >= 0.3 is 5.97 Å². The Labute approximate surface area is 393 Å². The van der Waals surface area contributed by atoms with Crippen LogP contribution in [0.15, 0.2) is 97.5 Å². The van der Waals surface area contributed by atoms with E-state index in [2.05, 4.69) is 48.8 Å². The number of nitrogens with zero attached hydrogens (tertiary/aromatic N) is 4. The molecule has 0 bridgehead atoms. The number of aromatic hydroxyl groups is 1. The van der Waals surface area contributed by atoms with Crippen molar-refractivity contribution >= 4 is 47.4 Å². The van der Waals surface area contributed by atoms with Crippen LogP contribution in [0.5, 0.6) is 28.9 Å². The summed E-state index contributed by atoms with van der Waals surface area (Å²) >= 11 is 7.97. The number of benzene rings is 4. The maximum atomic E-state index is 14.2. The zero-order chi connectivity index (χ0) is 47.2. The molecule has 0 saturated heterocycles. The number of fused-ring (bicyclic) bond motifs is 1. The number of phenolic OH excluding ortho intramolecular Hbond substituents is 1. The topological polar surface area (TPSA) is 144 Å². The maximum absolute atomic E-state index is 14.2. The molecule has 0 spiro atoms. The molecule has 0 saturated carbocycles. The van der Waals surface area contributed by atoms with E-state index in [0.717, 1.165) is 10.4 Å². The molecule has 0 fully saturated rings. The molecule has 0 radical (unpaired) electrons. The highest BCUT2D eigenvalue weighted by atomic mass is 35.5. The highest BCUT2D eigenvalue weighted by molar-refractivity contribution is 7.22. The zero-order valence-electron chi connectivity index (χ0n) is 38.1. The van der Waals surface area contributed by atoms with E-state index in [1.807, 2.05) is 30.3 Å². The number of carbonyl (C=O) groups is 1. The van der Waals surface area contributed by atoms with Crippen LogP contribution in [0.25, 0.3) is 43.2 Å². The van der Waals surface area contributed by atoms with Crippen LogP contribution in [-0.2, 0) is 27.0 Å². The summed E-state index contributed by atoms with van der Waals surface area (Å²) in [7, 11) is -0.422. The molecule has 0 aliphatic heterocycles. The van der Waals surface area contributed by atoms with E-state index in [1.165, 1.54) is 35.9 Å². The normalized spacial score (nSPS) is 12.2. The first-order valence-corrected chi connectivity index (χ1v) is 25.5. The minimum atomic E-state index is -2.02. The van der Waals surface area contributed by atoms with Crippen molar-refractivity contribution in [3.05, 3.63) is 125 Å². The van der Waals surface area contributed by atoms with Gasteiger partial charge in [-0.15, -0.1) is 11.3 Å². The lowest BCUT2D eigenvalue weighted by Gasteiger charge is -2.36. The van der Waals surface area contributed by atoms with E-state index in [1.54, 1.807) is 63.6 Å². The number of esters is 1. The summed E-state index contributed by atoms with van der Waals surface area (Å²) in [5.74, 6) is 1.09. The van der Waals surface area contributed by atoms with Gasteiger partial charge in [0.05, 0.1) is 42.0 Å². The zero-order valence-corrected chi connectivity index (χ0v) is 40.7. The number of hydrogen-bond donors (Lipinski definition) is 1. The fourth-order valence-electron chi connectivity index (χ4n) is 6.95. The molecular weight excluding hydrogens is 899 g/mol. The third-order valence-corrected chi connectivity index (χ3v) is 17.7. The summed E-state index contributed by atoms with van der Waals surface area (Å²) in [6, 6.07) is 24.0. The number of ether oxygens (including phenoxy) is 5. The molecule has 7 aromatic rings.